The fourth-order valence-electron chi connectivity index (χ4n) is 4.36. The van der Waals surface area contributed by atoms with Crippen molar-refractivity contribution in [3.63, 3.8) is 0 Å². The molecular formula is C23H22N4O4S. The van der Waals surface area contributed by atoms with Gasteiger partial charge in [0, 0.05) is 17.7 Å². The van der Waals surface area contributed by atoms with Crippen LogP contribution in [0.4, 0.5) is 0 Å². The molecule has 3 aromatic rings. The van der Waals surface area contributed by atoms with Crippen molar-refractivity contribution in [2.24, 2.45) is 0 Å². The molecule has 1 fully saturated rings. The predicted molar refractivity (Wildman–Crippen MR) is 119 cm³/mol. The number of benzene rings is 1. The van der Waals surface area contributed by atoms with Crippen LogP contribution in [0.3, 0.4) is 0 Å². The number of fused-ring (bicyclic) bond motifs is 3. The van der Waals surface area contributed by atoms with E-state index in [0.29, 0.717) is 59.3 Å². The van der Waals surface area contributed by atoms with Crippen LogP contribution in [0.2, 0.25) is 0 Å². The molecule has 32 heavy (non-hydrogen) atoms. The molecule has 0 spiro atoms. The lowest BCUT2D eigenvalue weighted by atomic mass is 9.93. The summed E-state index contributed by atoms with van der Waals surface area (Å²) in [5.74, 6) is 0.935. The standard InChI is InChI=1S/C23H22N4O4S/c1-23(2)12-30-6-5-27(23)22(28)19-16-10-31-21-15(18(16)25-26-19)8-14(9-24)20(29-3)17(21)13-4-7-32-11-13/h4,7-8,11H,5-6,10,12H2,1-3H3,(H,25,26). The second-order valence-corrected chi connectivity index (χ2v) is 9.15. The maximum absolute atomic E-state index is 13.4. The number of hydrogen-bond acceptors (Lipinski definition) is 7. The van der Waals surface area contributed by atoms with Crippen LogP contribution in [0.5, 0.6) is 11.5 Å². The van der Waals surface area contributed by atoms with Gasteiger partial charge < -0.3 is 19.1 Å². The van der Waals surface area contributed by atoms with Gasteiger partial charge in [0.05, 0.1) is 37.0 Å². The van der Waals surface area contributed by atoms with E-state index in [2.05, 4.69) is 16.3 Å². The Labute approximate surface area is 189 Å². The number of carbonyl (C=O) groups is 1. The molecule has 0 saturated carbocycles. The molecule has 0 aliphatic carbocycles. The summed E-state index contributed by atoms with van der Waals surface area (Å²) in [6, 6.07) is 5.90. The molecule has 5 rings (SSSR count). The minimum atomic E-state index is -0.422. The summed E-state index contributed by atoms with van der Waals surface area (Å²) in [4.78, 5) is 15.2. The minimum absolute atomic E-state index is 0.133. The summed E-state index contributed by atoms with van der Waals surface area (Å²) < 4.78 is 17.3. The van der Waals surface area contributed by atoms with Gasteiger partial charge in [0.25, 0.3) is 5.91 Å². The van der Waals surface area contributed by atoms with Gasteiger partial charge in [-0.2, -0.15) is 21.7 Å². The number of morpholine rings is 1. The molecule has 0 atom stereocenters. The fraction of sp³-hybridized carbons (Fsp3) is 0.348. The first-order valence-corrected chi connectivity index (χ1v) is 11.2. The third kappa shape index (κ3) is 3.06. The van der Waals surface area contributed by atoms with Gasteiger partial charge in [-0.25, -0.2) is 0 Å². The van der Waals surface area contributed by atoms with E-state index < -0.39 is 5.54 Å². The van der Waals surface area contributed by atoms with E-state index >= 15 is 0 Å². The lowest BCUT2D eigenvalue weighted by molar-refractivity contribution is -0.0374. The van der Waals surface area contributed by atoms with Crippen molar-refractivity contribution in [1.82, 2.24) is 15.1 Å². The molecule has 0 radical (unpaired) electrons. The van der Waals surface area contributed by atoms with Crippen molar-refractivity contribution in [2.75, 3.05) is 26.9 Å². The maximum Gasteiger partial charge on any atom is 0.272 e. The second kappa shape index (κ2) is 7.65. The summed E-state index contributed by atoms with van der Waals surface area (Å²) in [6.07, 6.45) is 0. The van der Waals surface area contributed by atoms with Crippen molar-refractivity contribution in [3.05, 3.63) is 39.7 Å². The number of amides is 1. The number of carbonyl (C=O) groups excluding carboxylic acids is 1. The van der Waals surface area contributed by atoms with Crippen LogP contribution >= 0.6 is 11.3 Å². The number of nitrogens with one attached hydrogen (secondary N) is 1. The van der Waals surface area contributed by atoms with Gasteiger partial charge in [0.1, 0.15) is 35.6 Å². The van der Waals surface area contributed by atoms with Crippen molar-refractivity contribution in [1.29, 1.82) is 5.26 Å². The molecule has 1 N–H and O–H groups in total. The van der Waals surface area contributed by atoms with Crippen molar-refractivity contribution >= 4 is 17.2 Å². The summed E-state index contributed by atoms with van der Waals surface area (Å²) in [5, 5.41) is 21.1. The fourth-order valence-corrected chi connectivity index (χ4v) is 5.00. The number of aromatic amines is 1. The zero-order valence-corrected chi connectivity index (χ0v) is 18.8. The molecule has 2 aromatic heterocycles. The third-order valence-electron chi connectivity index (χ3n) is 5.95. The molecule has 0 bridgehead atoms. The summed E-state index contributed by atoms with van der Waals surface area (Å²) in [6.45, 7) is 5.64. The predicted octanol–water partition coefficient (Wildman–Crippen LogP) is 3.83. The largest absolute Gasteiger partial charge is 0.495 e. The summed E-state index contributed by atoms with van der Waals surface area (Å²) in [7, 11) is 1.54. The number of H-pyrrole nitrogens is 1. The first-order chi connectivity index (χ1) is 15.5. The van der Waals surface area contributed by atoms with Crippen LogP contribution in [0.15, 0.2) is 22.9 Å². The zero-order valence-electron chi connectivity index (χ0n) is 18.0. The number of aromatic nitrogens is 2. The number of nitriles is 1. The number of hydrogen-bond donors (Lipinski definition) is 1. The molecule has 164 valence electrons. The van der Waals surface area contributed by atoms with E-state index in [1.165, 1.54) is 0 Å². The Morgan fingerprint density at radius 3 is 2.97 bits per heavy atom. The molecule has 2 aliphatic heterocycles. The number of methoxy groups -OCH3 is 1. The monoisotopic (exact) mass is 450 g/mol. The Balaban J connectivity index is 1.65. The molecule has 1 aromatic carbocycles. The van der Waals surface area contributed by atoms with Crippen LogP contribution in [0, 0.1) is 11.3 Å². The molecule has 0 unspecified atom stereocenters. The van der Waals surface area contributed by atoms with Gasteiger partial charge in [-0.3, -0.25) is 9.89 Å². The molecular weight excluding hydrogens is 428 g/mol. The minimum Gasteiger partial charge on any atom is -0.495 e. The van der Waals surface area contributed by atoms with Gasteiger partial charge in [0.15, 0.2) is 0 Å². The van der Waals surface area contributed by atoms with E-state index in [9.17, 15) is 10.1 Å². The molecule has 2 aliphatic rings. The quantitative estimate of drug-likeness (QED) is 0.651. The normalized spacial score (nSPS) is 16.5. The van der Waals surface area contributed by atoms with Crippen LogP contribution in [-0.2, 0) is 11.3 Å². The van der Waals surface area contributed by atoms with Gasteiger partial charge in [0.2, 0.25) is 0 Å². The molecule has 1 saturated heterocycles. The lowest BCUT2D eigenvalue weighted by Crippen LogP contribution is -2.55. The van der Waals surface area contributed by atoms with E-state index in [-0.39, 0.29) is 12.5 Å². The molecule has 8 nitrogen and oxygen atoms in total. The first-order valence-electron chi connectivity index (χ1n) is 10.2. The summed E-state index contributed by atoms with van der Waals surface area (Å²) in [5.41, 5.74) is 3.98. The zero-order chi connectivity index (χ0) is 22.5. The van der Waals surface area contributed by atoms with Gasteiger partial charge in [-0.05, 0) is 42.3 Å². The van der Waals surface area contributed by atoms with E-state index in [4.69, 9.17) is 14.2 Å². The lowest BCUT2D eigenvalue weighted by Gasteiger charge is -2.42. The van der Waals surface area contributed by atoms with E-state index in [1.54, 1.807) is 24.5 Å². The average Bonchev–Trinajstić information content (AvgIpc) is 3.47. The Bertz CT molecular complexity index is 1240. The highest BCUT2D eigenvalue weighted by atomic mass is 32.1. The maximum atomic E-state index is 13.4. The van der Waals surface area contributed by atoms with Crippen LogP contribution in [0.25, 0.3) is 22.4 Å². The third-order valence-corrected chi connectivity index (χ3v) is 6.64. The molecule has 9 heteroatoms. The Hall–Kier alpha value is -3.35. The second-order valence-electron chi connectivity index (χ2n) is 8.37. The van der Waals surface area contributed by atoms with Crippen LogP contribution in [0.1, 0.15) is 35.5 Å². The number of ether oxygens (including phenoxy) is 3. The first kappa shape index (κ1) is 20.5. The van der Waals surface area contributed by atoms with Crippen LogP contribution in [-0.4, -0.2) is 53.4 Å². The molecule has 1 amide bonds. The Kier molecular flexibility index (Phi) is 4.92. The average molecular weight is 451 g/mol. The topological polar surface area (TPSA) is 100 Å². The van der Waals surface area contributed by atoms with Crippen molar-refractivity contribution in [3.8, 4) is 40.0 Å². The number of rotatable bonds is 3. The SMILES string of the molecule is COc1c(C#N)cc2c(c1-c1ccsc1)OCc1c-2n[nH]c1C(=O)N1CCOCC1(C)C. The van der Waals surface area contributed by atoms with Crippen molar-refractivity contribution in [2.45, 2.75) is 26.0 Å². The smallest absolute Gasteiger partial charge is 0.272 e. The van der Waals surface area contributed by atoms with Gasteiger partial charge in [-0.1, -0.05) is 0 Å². The highest BCUT2D eigenvalue weighted by molar-refractivity contribution is 7.08. The van der Waals surface area contributed by atoms with Gasteiger partial charge >= 0.3 is 0 Å². The van der Waals surface area contributed by atoms with Crippen LogP contribution < -0.4 is 9.47 Å². The van der Waals surface area contributed by atoms with E-state index in [0.717, 1.165) is 11.1 Å². The Morgan fingerprint density at radius 1 is 1.44 bits per heavy atom. The highest BCUT2D eigenvalue weighted by Gasteiger charge is 2.38. The van der Waals surface area contributed by atoms with Crippen molar-refractivity contribution < 1.29 is 19.0 Å². The number of nitrogens with zero attached hydrogens (tertiary/aromatic N) is 3. The highest BCUT2D eigenvalue weighted by Crippen LogP contribution is 2.50. The number of thiophene rings is 1. The van der Waals surface area contributed by atoms with E-state index in [1.807, 2.05) is 35.6 Å². The molecule has 4 heterocycles. The van der Waals surface area contributed by atoms with Gasteiger partial charge in [-0.15, -0.1) is 0 Å². The summed E-state index contributed by atoms with van der Waals surface area (Å²) >= 11 is 1.55. The Morgan fingerprint density at radius 2 is 2.28 bits per heavy atom.